The summed E-state index contributed by atoms with van der Waals surface area (Å²) in [4.78, 5) is 12.3. The minimum Gasteiger partial charge on any atom is -0.308 e. The summed E-state index contributed by atoms with van der Waals surface area (Å²) >= 11 is 0. The molecular formula is C22H20N4O. The zero-order valence-corrected chi connectivity index (χ0v) is 15.2. The fourth-order valence-electron chi connectivity index (χ4n) is 2.74. The SMILES string of the molecule is C#CC=Cc1cnn(C)c1-c1cccc(NC(=O)Nc2ccc(C)cc2)c1. The van der Waals surface area contributed by atoms with Gasteiger partial charge in [-0.1, -0.05) is 35.7 Å². The molecule has 5 heteroatoms. The van der Waals surface area contributed by atoms with Gasteiger partial charge in [0.2, 0.25) is 0 Å². The molecule has 0 saturated carbocycles. The summed E-state index contributed by atoms with van der Waals surface area (Å²) in [6.45, 7) is 2.00. The van der Waals surface area contributed by atoms with Crippen molar-refractivity contribution in [2.75, 3.05) is 10.6 Å². The average molecular weight is 356 g/mol. The summed E-state index contributed by atoms with van der Waals surface area (Å²) < 4.78 is 1.78. The molecule has 134 valence electrons. The van der Waals surface area contributed by atoms with Gasteiger partial charge in [-0.05, 0) is 43.3 Å². The molecule has 0 aliphatic heterocycles. The van der Waals surface area contributed by atoms with Gasteiger partial charge in [-0.3, -0.25) is 4.68 Å². The zero-order chi connectivity index (χ0) is 19.2. The van der Waals surface area contributed by atoms with Gasteiger partial charge in [0.1, 0.15) is 0 Å². The second-order valence-corrected chi connectivity index (χ2v) is 6.10. The highest BCUT2D eigenvalue weighted by atomic mass is 16.2. The van der Waals surface area contributed by atoms with Crippen molar-refractivity contribution in [2.24, 2.45) is 7.05 Å². The van der Waals surface area contributed by atoms with Gasteiger partial charge in [-0.15, -0.1) is 6.42 Å². The number of rotatable bonds is 4. The first kappa shape index (κ1) is 18.0. The minimum absolute atomic E-state index is 0.298. The summed E-state index contributed by atoms with van der Waals surface area (Å²) in [6.07, 6.45) is 10.5. The Labute approximate surface area is 158 Å². The lowest BCUT2D eigenvalue weighted by atomic mass is 10.1. The molecule has 2 aromatic carbocycles. The molecule has 2 N–H and O–H groups in total. The van der Waals surface area contributed by atoms with E-state index in [1.54, 1.807) is 17.0 Å². The van der Waals surface area contributed by atoms with Crippen LogP contribution in [0.4, 0.5) is 16.2 Å². The summed E-state index contributed by atoms with van der Waals surface area (Å²) in [5.74, 6) is 2.49. The summed E-state index contributed by atoms with van der Waals surface area (Å²) in [5.41, 5.74) is 5.33. The number of carbonyl (C=O) groups is 1. The van der Waals surface area contributed by atoms with Crippen LogP contribution in [0.2, 0.25) is 0 Å². The van der Waals surface area contributed by atoms with Crippen LogP contribution in [0.5, 0.6) is 0 Å². The average Bonchev–Trinajstić information content (AvgIpc) is 3.02. The lowest BCUT2D eigenvalue weighted by molar-refractivity contribution is 0.262. The zero-order valence-electron chi connectivity index (χ0n) is 15.2. The topological polar surface area (TPSA) is 59.0 Å². The number of hydrogen-bond acceptors (Lipinski definition) is 2. The highest BCUT2D eigenvalue weighted by molar-refractivity contribution is 6.00. The lowest BCUT2D eigenvalue weighted by Gasteiger charge is -2.10. The first-order valence-corrected chi connectivity index (χ1v) is 8.46. The third-order valence-corrected chi connectivity index (χ3v) is 4.03. The number of benzene rings is 2. The molecule has 0 spiro atoms. The van der Waals surface area contributed by atoms with E-state index in [1.807, 2.05) is 68.6 Å². The Morgan fingerprint density at radius 2 is 1.89 bits per heavy atom. The third kappa shape index (κ3) is 4.44. The number of terminal acetylenes is 1. The fraction of sp³-hybridized carbons (Fsp3) is 0.0909. The van der Waals surface area contributed by atoms with Crippen molar-refractivity contribution in [2.45, 2.75) is 6.92 Å². The van der Waals surface area contributed by atoms with E-state index >= 15 is 0 Å². The molecule has 3 rings (SSSR count). The van der Waals surface area contributed by atoms with E-state index in [4.69, 9.17) is 6.42 Å². The molecule has 0 unspecified atom stereocenters. The van der Waals surface area contributed by atoms with Gasteiger partial charge in [0.25, 0.3) is 0 Å². The van der Waals surface area contributed by atoms with E-state index in [2.05, 4.69) is 21.7 Å². The number of nitrogens with zero attached hydrogens (tertiary/aromatic N) is 2. The van der Waals surface area contributed by atoms with E-state index in [-0.39, 0.29) is 6.03 Å². The Morgan fingerprint density at radius 3 is 2.63 bits per heavy atom. The number of anilines is 2. The number of urea groups is 1. The van der Waals surface area contributed by atoms with E-state index in [0.29, 0.717) is 5.69 Å². The molecule has 1 heterocycles. The van der Waals surface area contributed by atoms with Crippen LogP contribution in [0, 0.1) is 19.3 Å². The molecule has 1 aromatic heterocycles. The maximum Gasteiger partial charge on any atom is 0.323 e. The first-order valence-electron chi connectivity index (χ1n) is 8.46. The van der Waals surface area contributed by atoms with Crippen molar-refractivity contribution in [3.63, 3.8) is 0 Å². The van der Waals surface area contributed by atoms with Crippen molar-refractivity contribution in [3.8, 4) is 23.6 Å². The van der Waals surface area contributed by atoms with Gasteiger partial charge < -0.3 is 10.6 Å². The standard InChI is InChI=1S/C22H20N4O/c1-4-5-7-18-15-23-26(3)21(18)17-8-6-9-20(14-17)25-22(27)24-19-12-10-16(2)11-13-19/h1,5-15H,2-3H3,(H2,24,25,27). The highest BCUT2D eigenvalue weighted by Gasteiger charge is 2.10. The second-order valence-electron chi connectivity index (χ2n) is 6.10. The number of nitrogens with one attached hydrogen (secondary N) is 2. The lowest BCUT2D eigenvalue weighted by Crippen LogP contribution is -2.19. The van der Waals surface area contributed by atoms with Crippen molar-refractivity contribution in [3.05, 3.63) is 71.9 Å². The van der Waals surface area contributed by atoms with Crippen molar-refractivity contribution >= 4 is 23.5 Å². The first-order chi connectivity index (χ1) is 13.1. The monoisotopic (exact) mass is 356 g/mol. The van der Waals surface area contributed by atoms with Crippen LogP contribution in [0.1, 0.15) is 11.1 Å². The third-order valence-electron chi connectivity index (χ3n) is 4.03. The molecule has 5 nitrogen and oxygen atoms in total. The van der Waals surface area contributed by atoms with Crippen LogP contribution < -0.4 is 10.6 Å². The van der Waals surface area contributed by atoms with Gasteiger partial charge in [0, 0.05) is 29.5 Å². The number of carbonyl (C=O) groups excluding carboxylic acids is 1. The smallest absolute Gasteiger partial charge is 0.308 e. The fourth-order valence-corrected chi connectivity index (χ4v) is 2.74. The Bertz CT molecular complexity index is 1020. The van der Waals surface area contributed by atoms with Crippen LogP contribution in [0.15, 0.2) is 60.8 Å². The van der Waals surface area contributed by atoms with Crippen LogP contribution in [-0.2, 0) is 7.05 Å². The molecule has 0 atom stereocenters. The summed E-state index contributed by atoms with van der Waals surface area (Å²) in [6, 6.07) is 14.9. The van der Waals surface area contributed by atoms with Crippen LogP contribution in [-0.4, -0.2) is 15.8 Å². The summed E-state index contributed by atoms with van der Waals surface area (Å²) in [7, 11) is 1.87. The quantitative estimate of drug-likeness (QED) is 0.667. The molecule has 0 radical (unpaired) electrons. The van der Waals surface area contributed by atoms with Crippen molar-refractivity contribution in [1.29, 1.82) is 0 Å². The number of amides is 2. The number of allylic oxidation sites excluding steroid dienone is 1. The molecular weight excluding hydrogens is 336 g/mol. The molecule has 0 saturated heterocycles. The molecule has 2 amide bonds. The minimum atomic E-state index is -0.298. The van der Waals surface area contributed by atoms with Gasteiger partial charge >= 0.3 is 6.03 Å². The van der Waals surface area contributed by atoms with Crippen molar-refractivity contribution in [1.82, 2.24) is 9.78 Å². The maximum atomic E-state index is 12.3. The van der Waals surface area contributed by atoms with Gasteiger partial charge in [-0.25, -0.2) is 4.79 Å². The second kappa shape index (κ2) is 8.07. The highest BCUT2D eigenvalue weighted by Crippen LogP contribution is 2.26. The Balaban J connectivity index is 1.79. The van der Waals surface area contributed by atoms with E-state index < -0.39 is 0 Å². The Morgan fingerprint density at radius 1 is 1.15 bits per heavy atom. The van der Waals surface area contributed by atoms with Gasteiger partial charge in [0.15, 0.2) is 0 Å². The van der Waals surface area contributed by atoms with E-state index in [9.17, 15) is 4.79 Å². The molecule has 3 aromatic rings. The van der Waals surface area contributed by atoms with Gasteiger partial charge in [-0.2, -0.15) is 5.10 Å². The normalized spacial score (nSPS) is 10.6. The number of aromatic nitrogens is 2. The largest absolute Gasteiger partial charge is 0.323 e. The van der Waals surface area contributed by atoms with Crippen molar-refractivity contribution < 1.29 is 4.79 Å². The molecule has 0 aliphatic rings. The molecule has 0 aliphatic carbocycles. The predicted octanol–water partition coefficient (Wildman–Crippen LogP) is 4.69. The van der Waals surface area contributed by atoms with E-state index in [1.165, 1.54) is 0 Å². The van der Waals surface area contributed by atoms with Crippen LogP contribution >= 0.6 is 0 Å². The van der Waals surface area contributed by atoms with Gasteiger partial charge in [0.05, 0.1) is 11.9 Å². The Hall–Kier alpha value is -3.78. The molecule has 27 heavy (non-hydrogen) atoms. The number of aryl methyl sites for hydroxylation is 2. The molecule has 0 fully saturated rings. The van der Waals surface area contributed by atoms with Crippen LogP contribution in [0.25, 0.3) is 17.3 Å². The molecule has 0 bridgehead atoms. The number of hydrogen-bond donors (Lipinski definition) is 2. The predicted molar refractivity (Wildman–Crippen MR) is 110 cm³/mol. The van der Waals surface area contributed by atoms with E-state index in [0.717, 1.165) is 28.1 Å². The Kier molecular flexibility index (Phi) is 5.38. The summed E-state index contributed by atoms with van der Waals surface area (Å²) in [5, 5.41) is 9.98. The maximum absolute atomic E-state index is 12.3. The van der Waals surface area contributed by atoms with Crippen LogP contribution in [0.3, 0.4) is 0 Å².